The number of aromatic nitrogens is 1. The standard InChI is InChI=1S/C12H3ClF3N3S2/c13-10-8(5-18)11(21-19-10)20-7-2-1-6(4-17)9(3-7)12(14,15)16/h1-3H. The second-order valence-electron chi connectivity index (χ2n) is 3.67. The Hall–Kier alpha value is -1.74. The van der Waals surface area contributed by atoms with Gasteiger partial charge in [0.2, 0.25) is 0 Å². The highest BCUT2D eigenvalue weighted by Gasteiger charge is 2.34. The van der Waals surface area contributed by atoms with Crippen molar-refractivity contribution in [3.63, 3.8) is 0 Å². The van der Waals surface area contributed by atoms with Crippen molar-refractivity contribution < 1.29 is 13.2 Å². The molecular formula is C12H3ClF3N3S2. The quantitative estimate of drug-likeness (QED) is 0.790. The average molecular weight is 346 g/mol. The van der Waals surface area contributed by atoms with E-state index in [-0.39, 0.29) is 15.6 Å². The Balaban J connectivity index is 2.43. The van der Waals surface area contributed by atoms with E-state index >= 15 is 0 Å². The lowest BCUT2D eigenvalue weighted by Crippen LogP contribution is -2.07. The lowest BCUT2D eigenvalue weighted by molar-refractivity contribution is -0.137. The zero-order chi connectivity index (χ0) is 15.6. The molecule has 0 atom stereocenters. The Bertz CT molecular complexity index is 772. The first-order chi connectivity index (χ1) is 9.86. The summed E-state index contributed by atoms with van der Waals surface area (Å²) in [6, 6.07) is 6.71. The van der Waals surface area contributed by atoms with Gasteiger partial charge in [0.25, 0.3) is 0 Å². The van der Waals surface area contributed by atoms with Gasteiger partial charge in [0.05, 0.1) is 17.2 Å². The Morgan fingerprint density at radius 3 is 2.52 bits per heavy atom. The third-order valence-electron chi connectivity index (χ3n) is 2.36. The number of nitriles is 2. The minimum atomic E-state index is -4.62. The molecule has 2 aromatic rings. The van der Waals surface area contributed by atoms with Crippen LogP contribution in [-0.4, -0.2) is 4.37 Å². The van der Waals surface area contributed by atoms with Gasteiger partial charge in [-0.3, -0.25) is 0 Å². The molecule has 1 aromatic carbocycles. The summed E-state index contributed by atoms with van der Waals surface area (Å²) in [6.45, 7) is 0. The van der Waals surface area contributed by atoms with Crippen LogP contribution in [-0.2, 0) is 6.18 Å². The summed E-state index contributed by atoms with van der Waals surface area (Å²) in [5.41, 5.74) is -1.33. The van der Waals surface area contributed by atoms with Gasteiger partial charge in [0.15, 0.2) is 5.15 Å². The second kappa shape index (κ2) is 5.94. The van der Waals surface area contributed by atoms with Crippen molar-refractivity contribution in [1.82, 2.24) is 4.37 Å². The van der Waals surface area contributed by atoms with Crippen LogP contribution in [0.4, 0.5) is 13.2 Å². The number of alkyl halides is 3. The second-order valence-corrected chi connectivity index (χ2v) is 6.14. The Kier molecular flexibility index (Phi) is 4.43. The first-order valence-electron chi connectivity index (χ1n) is 5.21. The van der Waals surface area contributed by atoms with Gasteiger partial charge in [0.1, 0.15) is 15.8 Å². The van der Waals surface area contributed by atoms with Crippen LogP contribution in [0.3, 0.4) is 0 Å². The zero-order valence-corrected chi connectivity index (χ0v) is 12.3. The third-order valence-corrected chi connectivity index (χ3v) is 4.73. The molecule has 1 aromatic heterocycles. The number of hydrogen-bond acceptors (Lipinski definition) is 5. The number of benzene rings is 1. The van der Waals surface area contributed by atoms with Gasteiger partial charge in [-0.15, -0.1) is 0 Å². The molecule has 9 heteroatoms. The lowest BCUT2D eigenvalue weighted by Gasteiger charge is -2.10. The van der Waals surface area contributed by atoms with Crippen LogP contribution in [0.25, 0.3) is 0 Å². The van der Waals surface area contributed by atoms with Crippen molar-refractivity contribution >= 4 is 34.9 Å². The van der Waals surface area contributed by atoms with Gasteiger partial charge < -0.3 is 0 Å². The van der Waals surface area contributed by atoms with Crippen LogP contribution in [0.5, 0.6) is 0 Å². The molecule has 1 heterocycles. The van der Waals surface area contributed by atoms with Crippen LogP contribution in [0.2, 0.25) is 5.15 Å². The van der Waals surface area contributed by atoms with E-state index < -0.39 is 17.3 Å². The van der Waals surface area contributed by atoms with Crippen LogP contribution < -0.4 is 0 Å². The number of halogens is 4. The number of rotatable bonds is 2. The highest BCUT2D eigenvalue weighted by atomic mass is 35.5. The van der Waals surface area contributed by atoms with Gasteiger partial charge in [0, 0.05) is 4.90 Å². The van der Waals surface area contributed by atoms with Crippen molar-refractivity contribution in [3.05, 3.63) is 40.0 Å². The molecule has 0 spiro atoms. The minimum absolute atomic E-state index is 0.0229. The lowest BCUT2D eigenvalue weighted by atomic mass is 10.1. The molecule has 0 aliphatic carbocycles. The highest BCUT2D eigenvalue weighted by Crippen LogP contribution is 2.40. The largest absolute Gasteiger partial charge is 0.417 e. The van der Waals surface area contributed by atoms with Gasteiger partial charge in [-0.25, -0.2) is 0 Å². The molecule has 0 unspecified atom stereocenters. The molecule has 0 saturated heterocycles. The fourth-order valence-electron chi connectivity index (χ4n) is 1.44. The van der Waals surface area contributed by atoms with E-state index in [4.69, 9.17) is 22.1 Å². The number of hydrogen-bond donors (Lipinski definition) is 0. The molecule has 0 aliphatic heterocycles. The zero-order valence-electron chi connectivity index (χ0n) is 9.90. The summed E-state index contributed by atoms with van der Waals surface area (Å²) >= 11 is 7.58. The topological polar surface area (TPSA) is 60.5 Å². The molecule has 0 amide bonds. The average Bonchev–Trinajstić information content (AvgIpc) is 2.78. The summed E-state index contributed by atoms with van der Waals surface area (Å²) in [5.74, 6) is 0. The van der Waals surface area contributed by atoms with Crippen LogP contribution in [0.1, 0.15) is 16.7 Å². The first-order valence-corrected chi connectivity index (χ1v) is 7.18. The van der Waals surface area contributed by atoms with Crippen LogP contribution >= 0.6 is 34.9 Å². The SMILES string of the molecule is N#Cc1ccc(Sc2snc(Cl)c2C#N)cc1C(F)(F)F. The third kappa shape index (κ3) is 3.30. The summed E-state index contributed by atoms with van der Waals surface area (Å²) < 4.78 is 42.8. The van der Waals surface area contributed by atoms with Crippen molar-refractivity contribution in [2.45, 2.75) is 15.3 Å². The maximum absolute atomic E-state index is 12.9. The molecular weight excluding hydrogens is 343 g/mol. The fraction of sp³-hybridized carbons (Fsp3) is 0.0833. The molecule has 2 rings (SSSR count). The first kappa shape index (κ1) is 15.6. The number of nitrogens with zero attached hydrogens (tertiary/aromatic N) is 3. The summed E-state index contributed by atoms with van der Waals surface area (Å²) in [4.78, 5) is 0.248. The van der Waals surface area contributed by atoms with Crippen LogP contribution in [0.15, 0.2) is 27.3 Å². The molecule has 3 nitrogen and oxygen atoms in total. The van der Waals surface area contributed by atoms with Gasteiger partial charge in [-0.2, -0.15) is 28.1 Å². The van der Waals surface area contributed by atoms with E-state index in [1.165, 1.54) is 12.1 Å². The minimum Gasteiger partial charge on any atom is -0.192 e. The summed E-state index contributed by atoms with van der Waals surface area (Å²) in [6.07, 6.45) is -4.62. The van der Waals surface area contributed by atoms with Crippen LogP contribution in [0, 0.1) is 22.7 Å². The van der Waals surface area contributed by atoms with Gasteiger partial charge in [-0.1, -0.05) is 23.4 Å². The Morgan fingerprint density at radius 2 is 1.95 bits per heavy atom. The van der Waals surface area contributed by atoms with E-state index in [0.717, 1.165) is 35.4 Å². The van der Waals surface area contributed by atoms with E-state index in [2.05, 4.69) is 4.37 Å². The van der Waals surface area contributed by atoms with Crippen molar-refractivity contribution in [2.75, 3.05) is 0 Å². The molecule has 106 valence electrons. The monoisotopic (exact) mass is 345 g/mol. The highest BCUT2D eigenvalue weighted by molar-refractivity contribution is 8.01. The van der Waals surface area contributed by atoms with E-state index in [1.807, 2.05) is 6.07 Å². The molecule has 0 aliphatic rings. The molecule has 0 fully saturated rings. The van der Waals surface area contributed by atoms with Crippen molar-refractivity contribution in [2.24, 2.45) is 0 Å². The predicted molar refractivity (Wildman–Crippen MR) is 72.1 cm³/mol. The maximum Gasteiger partial charge on any atom is 0.417 e. The van der Waals surface area contributed by atoms with E-state index in [9.17, 15) is 13.2 Å². The molecule has 0 radical (unpaired) electrons. The van der Waals surface area contributed by atoms with E-state index in [0.29, 0.717) is 4.21 Å². The van der Waals surface area contributed by atoms with E-state index in [1.54, 1.807) is 0 Å². The smallest absolute Gasteiger partial charge is 0.192 e. The van der Waals surface area contributed by atoms with Crippen molar-refractivity contribution in [1.29, 1.82) is 10.5 Å². The van der Waals surface area contributed by atoms with Gasteiger partial charge in [-0.05, 0) is 29.7 Å². The molecule has 0 N–H and O–H groups in total. The molecule has 0 bridgehead atoms. The molecule has 21 heavy (non-hydrogen) atoms. The Labute approximate surface area is 130 Å². The summed E-state index contributed by atoms with van der Waals surface area (Å²) in [5, 5.41) is 17.7. The molecule has 0 saturated carbocycles. The normalized spacial score (nSPS) is 11.0. The Morgan fingerprint density at radius 1 is 1.24 bits per heavy atom. The van der Waals surface area contributed by atoms with Crippen molar-refractivity contribution in [3.8, 4) is 12.1 Å². The summed E-state index contributed by atoms with van der Waals surface area (Å²) in [7, 11) is 0. The van der Waals surface area contributed by atoms with Gasteiger partial charge >= 0.3 is 6.18 Å². The predicted octanol–water partition coefficient (Wildman–Crippen LogP) is 4.71. The maximum atomic E-state index is 12.9. The fourth-order valence-corrected chi connectivity index (χ4v) is 3.61.